The van der Waals surface area contributed by atoms with Crippen LogP contribution in [-0.2, 0) is 4.74 Å². The van der Waals surface area contributed by atoms with Crippen LogP contribution < -0.4 is 5.73 Å². The lowest BCUT2D eigenvalue weighted by atomic mass is 10.1. The molecular formula is C11H25NO. The predicted octanol–water partition coefficient (Wildman–Crippen LogP) is 2.71. The Bertz CT molecular complexity index is 123. The largest absolute Gasteiger partial charge is 0.376 e. The molecule has 0 spiro atoms. The first-order chi connectivity index (χ1) is 6.02. The molecule has 0 saturated carbocycles. The molecule has 0 aromatic heterocycles. The monoisotopic (exact) mass is 187 g/mol. The maximum atomic E-state index is 5.80. The molecule has 0 amide bonds. The van der Waals surface area contributed by atoms with Gasteiger partial charge < -0.3 is 10.5 Å². The van der Waals surface area contributed by atoms with E-state index in [-0.39, 0.29) is 5.60 Å². The summed E-state index contributed by atoms with van der Waals surface area (Å²) >= 11 is 0. The fourth-order valence-corrected chi connectivity index (χ4v) is 1.00. The van der Waals surface area contributed by atoms with Gasteiger partial charge in [-0.15, -0.1) is 0 Å². The first-order valence-electron chi connectivity index (χ1n) is 5.41. The summed E-state index contributed by atoms with van der Waals surface area (Å²) in [5.41, 5.74) is 5.84. The number of rotatable bonds is 7. The minimum Gasteiger partial charge on any atom is -0.376 e. The van der Waals surface area contributed by atoms with Crippen molar-refractivity contribution in [2.45, 2.75) is 65.0 Å². The van der Waals surface area contributed by atoms with Crippen LogP contribution in [0.4, 0.5) is 0 Å². The smallest absolute Gasteiger partial charge is 0.0623 e. The fraction of sp³-hybridized carbons (Fsp3) is 1.00. The van der Waals surface area contributed by atoms with E-state index in [2.05, 4.69) is 27.7 Å². The van der Waals surface area contributed by atoms with Crippen LogP contribution in [0.25, 0.3) is 0 Å². The van der Waals surface area contributed by atoms with E-state index in [1.807, 2.05) is 0 Å². The van der Waals surface area contributed by atoms with Crippen LogP contribution in [0.3, 0.4) is 0 Å². The first kappa shape index (κ1) is 12.9. The van der Waals surface area contributed by atoms with Crippen molar-refractivity contribution in [1.82, 2.24) is 0 Å². The van der Waals surface area contributed by atoms with Crippen LogP contribution in [0.15, 0.2) is 0 Å². The topological polar surface area (TPSA) is 35.2 Å². The van der Waals surface area contributed by atoms with Crippen LogP contribution in [0.2, 0.25) is 0 Å². The number of hydrogen-bond donors (Lipinski definition) is 1. The quantitative estimate of drug-likeness (QED) is 0.622. The van der Waals surface area contributed by atoms with Crippen molar-refractivity contribution in [3.8, 4) is 0 Å². The molecule has 0 aromatic carbocycles. The molecule has 2 heteroatoms. The Kier molecular flexibility index (Phi) is 6.35. The van der Waals surface area contributed by atoms with Crippen LogP contribution in [0, 0.1) is 0 Å². The molecule has 1 atom stereocenters. The van der Waals surface area contributed by atoms with Crippen molar-refractivity contribution in [1.29, 1.82) is 0 Å². The SMILES string of the molecule is CCC(N)CCCOC(C)(C)CC. The van der Waals surface area contributed by atoms with Crippen LogP contribution in [0.1, 0.15) is 53.4 Å². The minimum atomic E-state index is 0.0380. The minimum absolute atomic E-state index is 0.0380. The molecule has 0 bridgehead atoms. The second kappa shape index (κ2) is 6.39. The molecule has 1 unspecified atom stereocenters. The van der Waals surface area contributed by atoms with E-state index >= 15 is 0 Å². The van der Waals surface area contributed by atoms with Gasteiger partial charge in [0.2, 0.25) is 0 Å². The lowest BCUT2D eigenvalue weighted by Gasteiger charge is -2.23. The highest BCUT2D eigenvalue weighted by molar-refractivity contribution is 4.65. The zero-order chi connectivity index (χ0) is 10.3. The highest BCUT2D eigenvalue weighted by Crippen LogP contribution is 2.14. The van der Waals surface area contributed by atoms with Gasteiger partial charge in [-0.25, -0.2) is 0 Å². The second-order valence-electron chi connectivity index (χ2n) is 4.27. The Labute approximate surface area is 82.8 Å². The molecule has 2 N–H and O–H groups in total. The summed E-state index contributed by atoms with van der Waals surface area (Å²) in [5.74, 6) is 0. The molecule has 0 aromatic rings. The van der Waals surface area contributed by atoms with Gasteiger partial charge in [0.1, 0.15) is 0 Å². The summed E-state index contributed by atoms with van der Waals surface area (Å²) in [6, 6.07) is 0.355. The molecule has 80 valence electrons. The summed E-state index contributed by atoms with van der Waals surface area (Å²) in [4.78, 5) is 0. The number of ether oxygens (including phenoxy) is 1. The molecule has 2 nitrogen and oxygen atoms in total. The third-order valence-electron chi connectivity index (χ3n) is 2.59. The van der Waals surface area contributed by atoms with Gasteiger partial charge >= 0.3 is 0 Å². The predicted molar refractivity (Wildman–Crippen MR) is 57.8 cm³/mol. The van der Waals surface area contributed by atoms with Gasteiger partial charge in [0, 0.05) is 12.6 Å². The molecule has 0 aliphatic rings. The van der Waals surface area contributed by atoms with Gasteiger partial charge in [-0.2, -0.15) is 0 Å². The Balaban J connectivity index is 3.35. The van der Waals surface area contributed by atoms with Gasteiger partial charge in [-0.1, -0.05) is 13.8 Å². The zero-order valence-electron chi connectivity index (χ0n) is 9.60. The van der Waals surface area contributed by atoms with Gasteiger partial charge in [-0.05, 0) is 39.5 Å². The number of hydrogen-bond acceptors (Lipinski definition) is 2. The van der Waals surface area contributed by atoms with E-state index in [1.54, 1.807) is 0 Å². The Morgan fingerprint density at radius 2 is 1.92 bits per heavy atom. The van der Waals surface area contributed by atoms with Gasteiger partial charge in [0.05, 0.1) is 5.60 Å². The molecule has 0 rings (SSSR count). The number of nitrogens with two attached hydrogens (primary N) is 1. The van der Waals surface area contributed by atoms with Crippen LogP contribution in [0.5, 0.6) is 0 Å². The lowest BCUT2D eigenvalue weighted by molar-refractivity contribution is -0.0220. The average molecular weight is 187 g/mol. The summed E-state index contributed by atoms with van der Waals surface area (Å²) in [7, 11) is 0. The Morgan fingerprint density at radius 1 is 1.31 bits per heavy atom. The molecule has 0 heterocycles. The van der Waals surface area contributed by atoms with Gasteiger partial charge in [0.25, 0.3) is 0 Å². The normalized spacial score (nSPS) is 14.5. The van der Waals surface area contributed by atoms with Crippen molar-refractivity contribution < 1.29 is 4.74 Å². The second-order valence-corrected chi connectivity index (χ2v) is 4.27. The Morgan fingerprint density at radius 3 is 2.38 bits per heavy atom. The molecule has 0 aliphatic heterocycles. The van der Waals surface area contributed by atoms with E-state index in [0.29, 0.717) is 6.04 Å². The summed E-state index contributed by atoms with van der Waals surface area (Å²) in [6.45, 7) is 9.38. The van der Waals surface area contributed by atoms with Crippen molar-refractivity contribution >= 4 is 0 Å². The molecule has 0 saturated heterocycles. The van der Waals surface area contributed by atoms with Crippen LogP contribution >= 0.6 is 0 Å². The molecule has 0 radical (unpaired) electrons. The van der Waals surface area contributed by atoms with E-state index in [1.165, 1.54) is 0 Å². The van der Waals surface area contributed by atoms with Gasteiger partial charge in [-0.3, -0.25) is 0 Å². The molecular weight excluding hydrogens is 162 g/mol. The van der Waals surface area contributed by atoms with Crippen LogP contribution in [-0.4, -0.2) is 18.2 Å². The molecule has 0 fully saturated rings. The van der Waals surface area contributed by atoms with E-state index in [9.17, 15) is 0 Å². The highest BCUT2D eigenvalue weighted by atomic mass is 16.5. The van der Waals surface area contributed by atoms with Crippen molar-refractivity contribution in [3.63, 3.8) is 0 Å². The lowest BCUT2D eigenvalue weighted by Crippen LogP contribution is -2.25. The summed E-state index contributed by atoms with van der Waals surface area (Å²) in [5, 5.41) is 0. The molecule has 13 heavy (non-hydrogen) atoms. The van der Waals surface area contributed by atoms with Crippen molar-refractivity contribution in [2.24, 2.45) is 5.73 Å². The van der Waals surface area contributed by atoms with E-state index in [0.717, 1.165) is 32.3 Å². The zero-order valence-corrected chi connectivity index (χ0v) is 9.60. The van der Waals surface area contributed by atoms with Crippen molar-refractivity contribution in [3.05, 3.63) is 0 Å². The summed E-state index contributed by atoms with van der Waals surface area (Å²) < 4.78 is 5.72. The van der Waals surface area contributed by atoms with Gasteiger partial charge in [0.15, 0.2) is 0 Å². The third kappa shape index (κ3) is 7.03. The first-order valence-corrected chi connectivity index (χ1v) is 5.41. The molecule has 0 aliphatic carbocycles. The van der Waals surface area contributed by atoms with E-state index < -0.39 is 0 Å². The maximum absolute atomic E-state index is 5.80. The highest BCUT2D eigenvalue weighted by Gasteiger charge is 2.14. The maximum Gasteiger partial charge on any atom is 0.0623 e. The van der Waals surface area contributed by atoms with Crippen molar-refractivity contribution in [2.75, 3.05) is 6.61 Å². The summed E-state index contributed by atoms with van der Waals surface area (Å²) in [6.07, 6.45) is 4.29. The Hall–Kier alpha value is -0.0800. The van der Waals surface area contributed by atoms with E-state index in [4.69, 9.17) is 10.5 Å². The fourth-order valence-electron chi connectivity index (χ4n) is 1.00. The average Bonchev–Trinajstić information content (AvgIpc) is 2.12. The third-order valence-corrected chi connectivity index (χ3v) is 2.59. The standard InChI is InChI=1S/C11H25NO/c1-5-10(12)8-7-9-13-11(3,4)6-2/h10H,5-9,12H2,1-4H3.